The first kappa shape index (κ1) is 13.9. The number of aromatic amines is 1. The van der Waals surface area contributed by atoms with Crippen LogP contribution in [0.25, 0.3) is 11.4 Å². The Bertz CT molecular complexity index is 736. The molecule has 0 fully saturated rings. The van der Waals surface area contributed by atoms with Crippen LogP contribution in [-0.4, -0.2) is 48.0 Å². The molecule has 0 aliphatic rings. The van der Waals surface area contributed by atoms with Gasteiger partial charge in [0.05, 0.1) is 6.54 Å². The van der Waals surface area contributed by atoms with Crippen LogP contribution in [0.15, 0.2) is 42.7 Å². The molecule has 0 atom stereocenters. The van der Waals surface area contributed by atoms with Gasteiger partial charge in [-0.3, -0.25) is 4.79 Å². The van der Waals surface area contributed by atoms with E-state index >= 15 is 0 Å². The minimum atomic E-state index is -0.117. The Labute approximate surface area is 126 Å². The Kier molecular flexibility index (Phi) is 3.90. The molecule has 3 aromatic rings. The SMILES string of the molecule is CN(Cc1ncc[nH]1)C(=O)Cn1nnc(-c2ccccc2)n1. The Morgan fingerprint density at radius 3 is 2.86 bits per heavy atom. The van der Waals surface area contributed by atoms with E-state index in [0.717, 1.165) is 11.4 Å². The molecule has 1 aromatic carbocycles. The highest BCUT2D eigenvalue weighted by Gasteiger charge is 2.13. The number of amides is 1. The lowest BCUT2D eigenvalue weighted by molar-refractivity contribution is -0.131. The first-order chi connectivity index (χ1) is 10.7. The van der Waals surface area contributed by atoms with E-state index < -0.39 is 0 Å². The summed E-state index contributed by atoms with van der Waals surface area (Å²) >= 11 is 0. The lowest BCUT2D eigenvalue weighted by atomic mass is 10.2. The highest BCUT2D eigenvalue weighted by molar-refractivity contribution is 5.75. The lowest BCUT2D eigenvalue weighted by Crippen LogP contribution is -2.30. The van der Waals surface area contributed by atoms with E-state index in [4.69, 9.17) is 0 Å². The van der Waals surface area contributed by atoms with E-state index in [0.29, 0.717) is 12.4 Å². The molecule has 0 spiro atoms. The number of carbonyl (C=O) groups is 1. The summed E-state index contributed by atoms with van der Waals surface area (Å²) in [5.74, 6) is 1.11. The normalized spacial score (nSPS) is 10.6. The largest absolute Gasteiger partial charge is 0.347 e. The lowest BCUT2D eigenvalue weighted by Gasteiger charge is -2.14. The second-order valence-corrected chi connectivity index (χ2v) is 4.80. The van der Waals surface area contributed by atoms with Crippen LogP contribution in [0.1, 0.15) is 5.82 Å². The third-order valence-electron chi connectivity index (χ3n) is 3.13. The average Bonchev–Trinajstić information content (AvgIpc) is 3.20. The van der Waals surface area contributed by atoms with E-state index in [9.17, 15) is 4.79 Å². The van der Waals surface area contributed by atoms with Gasteiger partial charge in [0.15, 0.2) is 0 Å². The smallest absolute Gasteiger partial charge is 0.246 e. The standard InChI is InChI=1S/C14H15N7O/c1-20(9-12-15-7-8-16-12)13(22)10-21-18-14(17-19-21)11-5-3-2-4-6-11/h2-8H,9-10H2,1H3,(H,15,16). The molecule has 8 nitrogen and oxygen atoms in total. The van der Waals surface area contributed by atoms with E-state index in [2.05, 4.69) is 25.4 Å². The first-order valence-electron chi connectivity index (χ1n) is 6.78. The Morgan fingerprint density at radius 1 is 1.32 bits per heavy atom. The highest BCUT2D eigenvalue weighted by atomic mass is 16.2. The summed E-state index contributed by atoms with van der Waals surface area (Å²) in [5.41, 5.74) is 0.866. The van der Waals surface area contributed by atoms with Gasteiger partial charge >= 0.3 is 0 Å². The van der Waals surface area contributed by atoms with Crippen LogP contribution in [0.4, 0.5) is 0 Å². The third kappa shape index (κ3) is 3.17. The zero-order valence-corrected chi connectivity index (χ0v) is 12.0. The zero-order chi connectivity index (χ0) is 15.4. The number of rotatable bonds is 5. The number of benzene rings is 1. The van der Waals surface area contributed by atoms with Gasteiger partial charge in [-0.2, -0.15) is 4.80 Å². The van der Waals surface area contributed by atoms with Crippen LogP contribution in [0.2, 0.25) is 0 Å². The maximum Gasteiger partial charge on any atom is 0.246 e. The summed E-state index contributed by atoms with van der Waals surface area (Å²) in [7, 11) is 1.71. The molecule has 0 radical (unpaired) electrons. The molecule has 0 saturated carbocycles. The zero-order valence-electron chi connectivity index (χ0n) is 12.0. The molecule has 0 saturated heterocycles. The number of H-pyrrole nitrogens is 1. The predicted molar refractivity (Wildman–Crippen MR) is 78.3 cm³/mol. The Morgan fingerprint density at radius 2 is 2.14 bits per heavy atom. The minimum absolute atomic E-state index is 0.0387. The summed E-state index contributed by atoms with van der Waals surface area (Å²) in [5, 5.41) is 12.1. The van der Waals surface area contributed by atoms with Gasteiger partial charge in [0.2, 0.25) is 11.7 Å². The van der Waals surface area contributed by atoms with Gasteiger partial charge in [-0.25, -0.2) is 4.98 Å². The molecule has 0 bridgehead atoms. The molecular formula is C14H15N7O. The molecule has 1 amide bonds. The van der Waals surface area contributed by atoms with Crippen molar-refractivity contribution in [1.82, 2.24) is 35.1 Å². The molecule has 0 aliphatic heterocycles. The second kappa shape index (κ2) is 6.17. The molecular weight excluding hydrogens is 282 g/mol. The Hall–Kier alpha value is -3.03. The maximum absolute atomic E-state index is 12.1. The van der Waals surface area contributed by atoms with Crippen molar-refractivity contribution in [2.75, 3.05) is 7.05 Å². The molecule has 22 heavy (non-hydrogen) atoms. The average molecular weight is 297 g/mol. The van der Waals surface area contributed by atoms with Gasteiger partial charge in [0, 0.05) is 25.0 Å². The van der Waals surface area contributed by atoms with E-state index in [1.54, 1.807) is 24.3 Å². The van der Waals surface area contributed by atoms with Crippen LogP contribution >= 0.6 is 0 Å². The van der Waals surface area contributed by atoms with Gasteiger partial charge in [-0.15, -0.1) is 10.2 Å². The number of aromatic nitrogens is 6. The number of carbonyl (C=O) groups excluding carboxylic acids is 1. The van der Waals surface area contributed by atoms with E-state index in [-0.39, 0.29) is 12.5 Å². The molecule has 3 rings (SSSR count). The maximum atomic E-state index is 12.1. The summed E-state index contributed by atoms with van der Waals surface area (Å²) in [4.78, 5) is 22.0. The molecule has 112 valence electrons. The van der Waals surface area contributed by atoms with Crippen LogP contribution in [0.5, 0.6) is 0 Å². The number of nitrogens with one attached hydrogen (secondary N) is 1. The van der Waals surface area contributed by atoms with Crippen molar-refractivity contribution in [3.8, 4) is 11.4 Å². The first-order valence-corrected chi connectivity index (χ1v) is 6.78. The molecule has 8 heteroatoms. The minimum Gasteiger partial charge on any atom is -0.347 e. The molecule has 1 N–H and O–H groups in total. The second-order valence-electron chi connectivity index (χ2n) is 4.80. The summed E-state index contributed by atoms with van der Waals surface area (Å²) in [6.45, 7) is 0.448. The number of hydrogen-bond donors (Lipinski definition) is 1. The van der Waals surface area contributed by atoms with Crippen molar-refractivity contribution in [2.45, 2.75) is 13.1 Å². The topological polar surface area (TPSA) is 92.6 Å². The number of hydrogen-bond acceptors (Lipinski definition) is 5. The van der Waals surface area contributed by atoms with Crippen molar-refractivity contribution in [3.63, 3.8) is 0 Å². The predicted octanol–water partition coefficient (Wildman–Crippen LogP) is 0.722. The number of nitrogens with zero attached hydrogens (tertiary/aromatic N) is 6. The molecule has 0 unspecified atom stereocenters. The van der Waals surface area contributed by atoms with E-state index in [1.807, 2.05) is 30.3 Å². The fourth-order valence-electron chi connectivity index (χ4n) is 1.95. The quantitative estimate of drug-likeness (QED) is 0.749. The monoisotopic (exact) mass is 297 g/mol. The molecule has 0 aliphatic carbocycles. The number of tetrazole rings is 1. The van der Waals surface area contributed by atoms with Crippen molar-refractivity contribution in [1.29, 1.82) is 0 Å². The fourth-order valence-corrected chi connectivity index (χ4v) is 1.95. The van der Waals surface area contributed by atoms with Gasteiger partial charge in [0.1, 0.15) is 12.4 Å². The number of likely N-dealkylation sites (N-methyl/N-ethyl adjacent to an activating group) is 1. The van der Waals surface area contributed by atoms with Crippen LogP contribution < -0.4 is 0 Å². The summed E-state index contributed by atoms with van der Waals surface area (Å²) < 4.78 is 0. The fraction of sp³-hybridized carbons (Fsp3) is 0.214. The summed E-state index contributed by atoms with van der Waals surface area (Å²) in [6, 6.07) is 9.51. The van der Waals surface area contributed by atoms with Crippen LogP contribution in [0.3, 0.4) is 0 Å². The van der Waals surface area contributed by atoms with Crippen LogP contribution in [0, 0.1) is 0 Å². The third-order valence-corrected chi connectivity index (χ3v) is 3.13. The van der Waals surface area contributed by atoms with Crippen molar-refractivity contribution >= 4 is 5.91 Å². The van der Waals surface area contributed by atoms with Crippen molar-refractivity contribution in [2.24, 2.45) is 0 Å². The number of imidazole rings is 1. The highest BCUT2D eigenvalue weighted by Crippen LogP contribution is 2.11. The van der Waals surface area contributed by atoms with Crippen molar-refractivity contribution in [3.05, 3.63) is 48.5 Å². The molecule has 2 heterocycles. The van der Waals surface area contributed by atoms with Gasteiger partial charge in [0.25, 0.3) is 0 Å². The van der Waals surface area contributed by atoms with Crippen LogP contribution in [-0.2, 0) is 17.9 Å². The Balaban J connectivity index is 1.63. The van der Waals surface area contributed by atoms with E-state index in [1.165, 1.54) is 4.80 Å². The summed E-state index contributed by atoms with van der Waals surface area (Å²) in [6.07, 6.45) is 3.37. The van der Waals surface area contributed by atoms with Gasteiger partial charge in [-0.1, -0.05) is 30.3 Å². The van der Waals surface area contributed by atoms with Gasteiger partial charge in [-0.05, 0) is 5.21 Å². The van der Waals surface area contributed by atoms with Gasteiger partial charge < -0.3 is 9.88 Å². The molecule has 2 aromatic heterocycles. The van der Waals surface area contributed by atoms with Crippen molar-refractivity contribution < 1.29 is 4.79 Å².